The zero-order valence-electron chi connectivity index (χ0n) is 15.2. The van der Waals surface area contributed by atoms with Crippen molar-refractivity contribution in [3.8, 4) is 11.5 Å². The molecular formula is C20H21FN2O4. The van der Waals surface area contributed by atoms with E-state index in [9.17, 15) is 14.0 Å². The largest absolute Gasteiger partial charge is 0.493 e. The fraction of sp³-hybridized carbons (Fsp3) is 0.300. The van der Waals surface area contributed by atoms with E-state index in [1.807, 2.05) is 0 Å². The Balaban J connectivity index is 1.66. The van der Waals surface area contributed by atoms with Crippen molar-refractivity contribution in [1.29, 1.82) is 0 Å². The van der Waals surface area contributed by atoms with Crippen LogP contribution in [-0.2, 0) is 16.1 Å². The lowest BCUT2D eigenvalue weighted by Gasteiger charge is -2.18. The Labute approximate surface area is 156 Å². The Kier molecular flexibility index (Phi) is 5.59. The number of carbonyl (C=O) groups excluding carboxylic acids is 2. The molecule has 6 nitrogen and oxygen atoms in total. The molecule has 1 aliphatic rings. The second-order valence-electron chi connectivity index (χ2n) is 6.25. The third kappa shape index (κ3) is 4.02. The quantitative estimate of drug-likeness (QED) is 0.846. The van der Waals surface area contributed by atoms with Crippen LogP contribution in [0.5, 0.6) is 11.5 Å². The van der Waals surface area contributed by atoms with Crippen LogP contribution in [0.25, 0.3) is 0 Å². The van der Waals surface area contributed by atoms with Crippen molar-refractivity contribution in [2.24, 2.45) is 5.92 Å². The summed E-state index contributed by atoms with van der Waals surface area (Å²) >= 11 is 0. The molecule has 1 heterocycles. The minimum atomic E-state index is -0.489. The lowest BCUT2D eigenvalue weighted by molar-refractivity contribution is -0.126. The molecule has 1 N–H and O–H groups in total. The van der Waals surface area contributed by atoms with Gasteiger partial charge in [0.25, 0.3) is 0 Å². The van der Waals surface area contributed by atoms with Crippen molar-refractivity contribution in [2.75, 3.05) is 25.7 Å². The Morgan fingerprint density at radius 3 is 2.63 bits per heavy atom. The lowest BCUT2D eigenvalue weighted by Crippen LogP contribution is -2.32. The van der Waals surface area contributed by atoms with Gasteiger partial charge in [-0.1, -0.05) is 18.2 Å². The molecule has 2 aromatic carbocycles. The molecule has 3 rings (SSSR count). The fourth-order valence-corrected chi connectivity index (χ4v) is 3.09. The maximum Gasteiger partial charge on any atom is 0.227 e. The van der Waals surface area contributed by atoms with Gasteiger partial charge < -0.3 is 19.7 Å². The zero-order valence-corrected chi connectivity index (χ0v) is 15.2. The average molecular weight is 372 g/mol. The van der Waals surface area contributed by atoms with Crippen molar-refractivity contribution in [3.05, 3.63) is 53.8 Å². The van der Waals surface area contributed by atoms with E-state index < -0.39 is 5.92 Å². The van der Waals surface area contributed by atoms with Crippen molar-refractivity contribution in [3.63, 3.8) is 0 Å². The number of amides is 2. The van der Waals surface area contributed by atoms with Crippen LogP contribution in [0.2, 0.25) is 0 Å². The summed E-state index contributed by atoms with van der Waals surface area (Å²) in [4.78, 5) is 26.4. The Hall–Kier alpha value is -3.09. The number of rotatable bonds is 6. The second-order valence-corrected chi connectivity index (χ2v) is 6.25. The molecule has 1 atom stereocenters. The summed E-state index contributed by atoms with van der Waals surface area (Å²) in [5.41, 5.74) is 1.05. The molecule has 2 aromatic rings. The molecule has 0 saturated carbocycles. The van der Waals surface area contributed by atoms with E-state index in [1.165, 1.54) is 20.3 Å². The van der Waals surface area contributed by atoms with E-state index in [0.29, 0.717) is 22.7 Å². The summed E-state index contributed by atoms with van der Waals surface area (Å²) in [5, 5.41) is 2.71. The standard InChI is InChI=1S/C20H21FN2O4/c1-26-17-8-7-15(10-18(17)27-2)23-12-14(9-19(23)24)20(25)22-11-13-5-3-4-6-16(13)21/h3-8,10,14H,9,11-12H2,1-2H3,(H,22,25). The van der Waals surface area contributed by atoms with E-state index in [1.54, 1.807) is 41.3 Å². The molecule has 0 bridgehead atoms. The van der Waals surface area contributed by atoms with Gasteiger partial charge in [0.2, 0.25) is 11.8 Å². The van der Waals surface area contributed by atoms with Crippen LogP contribution < -0.4 is 19.7 Å². The summed E-state index contributed by atoms with van der Waals surface area (Å²) in [5.74, 6) is -0.199. The van der Waals surface area contributed by atoms with Crippen LogP contribution >= 0.6 is 0 Å². The molecule has 2 amide bonds. The molecule has 1 saturated heterocycles. The van der Waals surface area contributed by atoms with Crippen molar-refractivity contribution < 1.29 is 23.5 Å². The monoisotopic (exact) mass is 372 g/mol. The Bertz CT molecular complexity index is 856. The first-order valence-electron chi connectivity index (χ1n) is 8.57. The van der Waals surface area contributed by atoms with Gasteiger partial charge in [-0.25, -0.2) is 4.39 Å². The lowest BCUT2D eigenvalue weighted by atomic mass is 10.1. The third-order valence-electron chi connectivity index (χ3n) is 4.59. The highest BCUT2D eigenvalue weighted by molar-refractivity contribution is 6.00. The fourth-order valence-electron chi connectivity index (χ4n) is 3.09. The topological polar surface area (TPSA) is 67.9 Å². The van der Waals surface area contributed by atoms with E-state index in [0.717, 1.165) is 0 Å². The molecule has 0 aliphatic carbocycles. The van der Waals surface area contributed by atoms with Crippen LogP contribution in [0.15, 0.2) is 42.5 Å². The van der Waals surface area contributed by atoms with E-state index in [4.69, 9.17) is 9.47 Å². The summed E-state index contributed by atoms with van der Waals surface area (Å²) < 4.78 is 24.1. The first-order valence-corrected chi connectivity index (χ1v) is 8.57. The van der Waals surface area contributed by atoms with E-state index >= 15 is 0 Å². The summed E-state index contributed by atoms with van der Waals surface area (Å²) in [6.45, 7) is 0.351. The number of nitrogens with zero attached hydrogens (tertiary/aromatic N) is 1. The highest BCUT2D eigenvalue weighted by Crippen LogP contribution is 2.34. The smallest absolute Gasteiger partial charge is 0.227 e. The minimum Gasteiger partial charge on any atom is -0.493 e. The number of benzene rings is 2. The SMILES string of the molecule is COc1ccc(N2CC(C(=O)NCc3ccccc3F)CC2=O)cc1OC. The number of anilines is 1. The highest BCUT2D eigenvalue weighted by Gasteiger charge is 2.35. The number of carbonyl (C=O) groups is 2. The van der Waals surface area contributed by atoms with Crippen molar-refractivity contribution >= 4 is 17.5 Å². The van der Waals surface area contributed by atoms with Gasteiger partial charge in [-0.15, -0.1) is 0 Å². The van der Waals surface area contributed by atoms with Gasteiger partial charge in [0, 0.05) is 36.8 Å². The number of ether oxygens (including phenoxy) is 2. The van der Waals surface area contributed by atoms with Crippen LogP contribution in [0.4, 0.5) is 10.1 Å². The molecule has 1 aliphatic heterocycles. The molecule has 0 aromatic heterocycles. The first kappa shape index (κ1) is 18.7. The zero-order chi connectivity index (χ0) is 19.4. The van der Waals surface area contributed by atoms with Gasteiger partial charge in [0.1, 0.15) is 5.82 Å². The maximum atomic E-state index is 13.7. The predicted molar refractivity (Wildman–Crippen MR) is 98.3 cm³/mol. The third-order valence-corrected chi connectivity index (χ3v) is 4.59. The molecule has 1 fully saturated rings. The maximum absolute atomic E-state index is 13.7. The number of methoxy groups -OCH3 is 2. The molecule has 0 radical (unpaired) electrons. The molecule has 27 heavy (non-hydrogen) atoms. The van der Waals surface area contributed by atoms with Crippen LogP contribution in [0.3, 0.4) is 0 Å². The second kappa shape index (κ2) is 8.07. The van der Waals surface area contributed by atoms with Crippen molar-refractivity contribution in [2.45, 2.75) is 13.0 Å². The van der Waals surface area contributed by atoms with Crippen LogP contribution in [0, 0.1) is 11.7 Å². The van der Waals surface area contributed by atoms with E-state index in [-0.39, 0.29) is 37.1 Å². The Morgan fingerprint density at radius 2 is 1.93 bits per heavy atom. The highest BCUT2D eigenvalue weighted by atomic mass is 19.1. The van der Waals surface area contributed by atoms with Crippen molar-refractivity contribution in [1.82, 2.24) is 5.32 Å². The molecule has 142 valence electrons. The number of halogens is 1. The van der Waals surface area contributed by atoms with Crippen LogP contribution in [-0.4, -0.2) is 32.6 Å². The summed E-state index contributed by atoms with van der Waals surface area (Å²) in [6.07, 6.45) is 0.109. The molecule has 7 heteroatoms. The van der Waals surface area contributed by atoms with Gasteiger partial charge in [0.15, 0.2) is 11.5 Å². The van der Waals surface area contributed by atoms with Gasteiger partial charge in [0.05, 0.1) is 20.1 Å². The van der Waals surface area contributed by atoms with Crippen LogP contribution in [0.1, 0.15) is 12.0 Å². The molecule has 1 unspecified atom stereocenters. The summed E-state index contributed by atoms with van der Waals surface area (Å²) in [7, 11) is 3.06. The summed E-state index contributed by atoms with van der Waals surface area (Å²) in [6, 6.07) is 11.4. The number of hydrogen-bond donors (Lipinski definition) is 1. The Morgan fingerprint density at radius 1 is 1.19 bits per heavy atom. The number of nitrogens with one attached hydrogen (secondary N) is 1. The van der Waals surface area contributed by atoms with Gasteiger partial charge in [-0.2, -0.15) is 0 Å². The minimum absolute atomic E-state index is 0.0898. The molecule has 0 spiro atoms. The number of hydrogen-bond acceptors (Lipinski definition) is 4. The normalized spacial score (nSPS) is 16.3. The van der Waals surface area contributed by atoms with E-state index in [2.05, 4.69) is 5.32 Å². The van der Waals surface area contributed by atoms with Gasteiger partial charge in [-0.05, 0) is 18.2 Å². The predicted octanol–water partition coefficient (Wildman–Crippen LogP) is 2.51. The average Bonchev–Trinajstić information content (AvgIpc) is 3.08. The first-order chi connectivity index (χ1) is 13.0. The van der Waals surface area contributed by atoms with Gasteiger partial charge >= 0.3 is 0 Å². The van der Waals surface area contributed by atoms with Gasteiger partial charge in [-0.3, -0.25) is 9.59 Å². The molecular weight excluding hydrogens is 351 g/mol.